The van der Waals surface area contributed by atoms with E-state index in [2.05, 4.69) is 15.5 Å². The molecule has 0 bridgehead atoms. The summed E-state index contributed by atoms with van der Waals surface area (Å²) in [6.45, 7) is 1.13. The number of piperidine rings is 1. The largest absolute Gasteiger partial charge is 0.463 e. The minimum Gasteiger partial charge on any atom is -0.463 e. The van der Waals surface area contributed by atoms with Crippen molar-refractivity contribution < 1.29 is 22.4 Å². The predicted molar refractivity (Wildman–Crippen MR) is 105 cm³/mol. The number of halogens is 3. The normalized spacial score (nSPS) is 15.2. The van der Waals surface area contributed by atoms with Gasteiger partial charge in [0.25, 0.3) is 0 Å². The van der Waals surface area contributed by atoms with Crippen molar-refractivity contribution in [3.63, 3.8) is 0 Å². The number of alkyl halides is 3. The minimum absolute atomic E-state index is 0.211. The van der Waals surface area contributed by atoms with Gasteiger partial charge in [-0.15, -0.1) is 10.2 Å². The first-order valence-corrected chi connectivity index (χ1v) is 9.51. The standard InChI is InChI=1S/C21H19F3N4O2/c22-21(23,24)15-4-1-2-5-16(15)25-20(29)14-9-11-28(12-10-14)19-8-7-17(26-27-19)18-6-3-13-30-18/h1-8,13-14H,9-12H2,(H,25,29). The van der Waals surface area contributed by atoms with E-state index >= 15 is 0 Å². The summed E-state index contributed by atoms with van der Waals surface area (Å²) in [6, 6.07) is 12.2. The molecule has 1 N–H and O–H groups in total. The van der Waals surface area contributed by atoms with Gasteiger partial charge in [-0.1, -0.05) is 12.1 Å². The van der Waals surface area contributed by atoms with Crippen LogP contribution in [0.5, 0.6) is 0 Å². The van der Waals surface area contributed by atoms with Gasteiger partial charge in [0.1, 0.15) is 5.69 Å². The van der Waals surface area contributed by atoms with E-state index < -0.39 is 17.6 Å². The van der Waals surface area contributed by atoms with E-state index in [0.29, 0.717) is 43.2 Å². The average Bonchev–Trinajstić information content (AvgIpc) is 3.29. The van der Waals surface area contributed by atoms with Crippen LogP contribution < -0.4 is 10.2 Å². The Morgan fingerprint density at radius 3 is 2.43 bits per heavy atom. The smallest absolute Gasteiger partial charge is 0.418 e. The summed E-state index contributed by atoms with van der Waals surface area (Å²) in [5.74, 6) is 0.554. The molecule has 9 heteroatoms. The van der Waals surface area contributed by atoms with Gasteiger partial charge < -0.3 is 14.6 Å². The fourth-order valence-electron chi connectivity index (χ4n) is 3.49. The Balaban J connectivity index is 1.36. The van der Waals surface area contributed by atoms with Gasteiger partial charge in [0.2, 0.25) is 5.91 Å². The lowest BCUT2D eigenvalue weighted by Gasteiger charge is -2.32. The first kappa shape index (κ1) is 19.9. The number of nitrogens with one attached hydrogen (secondary N) is 1. The van der Waals surface area contributed by atoms with Gasteiger partial charge in [0, 0.05) is 19.0 Å². The Hall–Kier alpha value is -3.36. The predicted octanol–water partition coefficient (Wildman–Crippen LogP) is 4.61. The van der Waals surface area contributed by atoms with Crippen LogP contribution in [-0.4, -0.2) is 29.2 Å². The number of benzene rings is 1. The molecular weight excluding hydrogens is 397 g/mol. The Labute approximate surface area is 170 Å². The van der Waals surface area contributed by atoms with Crippen LogP contribution in [0, 0.1) is 5.92 Å². The first-order chi connectivity index (χ1) is 14.4. The number of furan rings is 1. The third-order valence-corrected chi connectivity index (χ3v) is 5.10. The minimum atomic E-state index is -4.52. The maximum absolute atomic E-state index is 13.1. The zero-order valence-corrected chi connectivity index (χ0v) is 15.9. The van der Waals surface area contributed by atoms with Crippen LogP contribution in [-0.2, 0) is 11.0 Å². The Bertz CT molecular complexity index is 996. The molecule has 1 aromatic carbocycles. The number of hydrogen-bond donors (Lipinski definition) is 1. The third kappa shape index (κ3) is 4.29. The summed E-state index contributed by atoms with van der Waals surface area (Å²) in [6.07, 6.45) is -1.93. The number of amides is 1. The highest BCUT2D eigenvalue weighted by atomic mass is 19.4. The molecule has 30 heavy (non-hydrogen) atoms. The second-order valence-electron chi connectivity index (χ2n) is 7.05. The molecule has 156 valence electrons. The molecule has 1 aliphatic heterocycles. The zero-order valence-electron chi connectivity index (χ0n) is 15.9. The number of hydrogen-bond acceptors (Lipinski definition) is 5. The Kier molecular flexibility index (Phi) is 5.43. The Morgan fingerprint density at radius 1 is 1.03 bits per heavy atom. The number of rotatable bonds is 4. The molecule has 6 nitrogen and oxygen atoms in total. The molecule has 2 aromatic heterocycles. The van der Waals surface area contributed by atoms with E-state index in [1.54, 1.807) is 18.4 Å². The van der Waals surface area contributed by atoms with Crippen LogP contribution in [0.15, 0.2) is 59.2 Å². The maximum Gasteiger partial charge on any atom is 0.418 e. The molecule has 1 aliphatic rings. The second kappa shape index (κ2) is 8.17. The van der Waals surface area contributed by atoms with Gasteiger partial charge in [-0.3, -0.25) is 4.79 Å². The van der Waals surface area contributed by atoms with E-state index in [1.165, 1.54) is 18.2 Å². The van der Waals surface area contributed by atoms with Gasteiger partial charge >= 0.3 is 6.18 Å². The zero-order chi connectivity index (χ0) is 21.1. The highest BCUT2D eigenvalue weighted by molar-refractivity contribution is 5.93. The van der Waals surface area contributed by atoms with E-state index in [-0.39, 0.29) is 11.6 Å². The monoisotopic (exact) mass is 416 g/mol. The number of carbonyl (C=O) groups is 1. The molecule has 0 atom stereocenters. The summed E-state index contributed by atoms with van der Waals surface area (Å²) >= 11 is 0. The fourth-order valence-corrected chi connectivity index (χ4v) is 3.49. The van der Waals surface area contributed by atoms with Crippen molar-refractivity contribution in [2.45, 2.75) is 19.0 Å². The lowest BCUT2D eigenvalue weighted by molar-refractivity contribution is -0.137. The van der Waals surface area contributed by atoms with Crippen molar-refractivity contribution in [3.8, 4) is 11.5 Å². The molecule has 0 saturated carbocycles. The SMILES string of the molecule is O=C(Nc1ccccc1C(F)(F)F)C1CCN(c2ccc(-c3ccco3)nn2)CC1. The summed E-state index contributed by atoms with van der Waals surface area (Å²) in [5, 5.41) is 10.8. The second-order valence-corrected chi connectivity index (χ2v) is 7.05. The lowest BCUT2D eigenvalue weighted by atomic mass is 9.95. The molecule has 3 heterocycles. The van der Waals surface area contributed by atoms with Crippen LogP contribution in [0.3, 0.4) is 0 Å². The van der Waals surface area contributed by atoms with Crippen LogP contribution in [0.4, 0.5) is 24.7 Å². The first-order valence-electron chi connectivity index (χ1n) is 9.51. The van der Waals surface area contributed by atoms with Gasteiger partial charge in [0.15, 0.2) is 11.6 Å². The number of nitrogens with zero attached hydrogens (tertiary/aromatic N) is 3. The molecule has 4 rings (SSSR count). The Morgan fingerprint density at radius 2 is 1.80 bits per heavy atom. The average molecular weight is 416 g/mol. The van der Waals surface area contributed by atoms with Gasteiger partial charge in [-0.2, -0.15) is 13.2 Å². The highest BCUT2D eigenvalue weighted by Gasteiger charge is 2.34. The molecule has 0 radical (unpaired) electrons. The van der Waals surface area contributed by atoms with E-state index in [4.69, 9.17) is 4.42 Å². The summed E-state index contributed by atoms with van der Waals surface area (Å²) in [7, 11) is 0. The van der Waals surface area contributed by atoms with Crippen molar-refractivity contribution in [2.75, 3.05) is 23.3 Å². The molecule has 3 aromatic rings. The van der Waals surface area contributed by atoms with Gasteiger partial charge in [-0.25, -0.2) is 0 Å². The molecule has 0 spiro atoms. The molecular formula is C21H19F3N4O2. The van der Waals surface area contributed by atoms with Crippen molar-refractivity contribution >= 4 is 17.4 Å². The van der Waals surface area contributed by atoms with Crippen LogP contribution in [0.2, 0.25) is 0 Å². The van der Waals surface area contributed by atoms with E-state index in [9.17, 15) is 18.0 Å². The molecule has 1 amide bonds. The molecule has 1 saturated heterocycles. The van der Waals surface area contributed by atoms with Crippen molar-refractivity contribution in [1.29, 1.82) is 0 Å². The number of anilines is 2. The maximum atomic E-state index is 13.1. The number of aromatic nitrogens is 2. The quantitative estimate of drug-likeness (QED) is 0.673. The van der Waals surface area contributed by atoms with Gasteiger partial charge in [-0.05, 0) is 49.2 Å². The van der Waals surface area contributed by atoms with Crippen molar-refractivity contribution in [3.05, 3.63) is 60.4 Å². The van der Waals surface area contributed by atoms with Crippen LogP contribution in [0.25, 0.3) is 11.5 Å². The molecule has 1 fully saturated rings. The van der Waals surface area contributed by atoms with Crippen molar-refractivity contribution in [2.24, 2.45) is 5.92 Å². The fraction of sp³-hybridized carbons (Fsp3) is 0.286. The highest BCUT2D eigenvalue weighted by Crippen LogP contribution is 2.35. The summed E-state index contributed by atoms with van der Waals surface area (Å²) in [5.41, 5.74) is -0.430. The van der Waals surface area contributed by atoms with Crippen molar-refractivity contribution in [1.82, 2.24) is 10.2 Å². The van der Waals surface area contributed by atoms with E-state index in [0.717, 1.165) is 6.07 Å². The van der Waals surface area contributed by atoms with Crippen LogP contribution in [0.1, 0.15) is 18.4 Å². The summed E-state index contributed by atoms with van der Waals surface area (Å²) < 4.78 is 44.7. The van der Waals surface area contributed by atoms with E-state index in [1.807, 2.05) is 17.0 Å². The number of para-hydroxylation sites is 1. The molecule has 0 unspecified atom stereocenters. The van der Waals surface area contributed by atoms with Crippen LogP contribution >= 0.6 is 0 Å². The third-order valence-electron chi connectivity index (χ3n) is 5.10. The summed E-state index contributed by atoms with van der Waals surface area (Å²) in [4.78, 5) is 14.5. The van der Waals surface area contributed by atoms with Gasteiger partial charge in [0.05, 0.1) is 17.5 Å². The topological polar surface area (TPSA) is 71.3 Å². The molecule has 0 aliphatic carbocycles. The number of carbonyl (C=O) groups excluding carboxylic acids is 1. The lowest BCUT2D eigenvalue weighted by Crippen LogP contribution is -2.38.